The highest BCUT2D eigenvalue weighted by Crippen LogP contribution is 2.21. The van der Waals surface area contributed by atoms with Gasteiger partial charge >= 0.3 is 0 Å². The minimum absolute atomic E-state index is 0.0109. The zero-order chi connectivity index (χ0) is 21.4. The number of nitrogen functional groups attached to an aromatic ring is 1. The molecule has 1 amide bonds. The van der Waals surface area contributed by atoms with E-state index in [9.17, 15) is 9.59 Å². The summed E-state index contributed by atoms with van der Waals surface area (Å²) in [6.07, 6.45) is 8.98. The van der Waals surface area contributed by atoms with Crippen LogP contribution in [0.4, 0.5) is 5.82 Å². The molecular formula is C23H28N5O3+. The van der Waals surface area contributed by atoms with Gasteiger partial charge in [0.05, 0.1) is 12.6 Å². The first-order chi connectivity index (χ1) is 15.1. The van der Waals surface area contributed by atoms with Gasteiger partial charge in [-0.25, -0.2) is 4.57 Å². The third kappa shape index (κ3) is 3.76. The van der Waals surface area contributed by atoms with Crippen molar-refractivity contribution in [2.45, 2.75) is 63.6 Å². The van der Waals surface area contributed by atoms with E-state index in [2.05, 4.69) is 5.32 Å². The highest BCUT2D eigenvalue weighted by Gasteiger charge is 2.28. The summed E-state index contributed by atoms with van der Waals surface area (Å²) < 4.78 is 9.10. The van der Waals surface area contributed by atoms with Crippen molar-refractivity contribution in [3.05, 3.63) is 46.4 Å². The molecule has 5 rings (SSSR count). The Hall–Kier alpha value is -3.00. The zero-order valence-corrected chi connectivity index (χ0v) is 17.5. The van der Waals surface area contributed by atoms with E-state index in [0.717, 1.165) is 38.5 Å². The molecule has 1 aliphatic heterocycles. The van der Waals surface area contributed by atoms with E-state index < -0.39 is 0 Å². The number of amides is 1. The zero-order valence-electron chi connectivity index (χ0n) is 17.5. The van der Waals surface area contributed by atoms with Crippen LogP contribution in [0.15, 0.2) is 35.3 Å². The fourth-order valence-electron chi connectivity index (χ4n) is 4.77. The lowest BCUT2D eigenvalue weighted by atomic mass is 9.95. The number of nitrogens with zero attached hydrogens (tertiary/aromatic N) is 3. The molecule has 1 aliphatic carbocycles. The molecule has 8 heteroatoms. The van der Waals surface area contributed by atoms with Crippen LogP contribution in [0.3, 0.4) is 0 Å². The van der Waals surface area contributed by atoms with Gasteiger partial charge in [-0.05, 0) is 43.9 Å². The first-order valence-corrected chi connectivity index (χ1v) is 11.2. The van der Waals surface area contributed by atoms with Crippen LogP contribution in [0.25, 0.3) is 16.7 Å². The lowest BCUT2D eigenvalue weighted by Gasteiger charge is -2.23. The van der Waals surface area contributed by atoms with E-state index in [1.807, 2.05) is 6.07 Å². The van der Waals surface area contributed by atoms with Crippen molar-refractivity contribution in [3.63, 3.8) is 0 Å². The van der Waals surface area contributed by atoms with Gasteiger partial charge in [-0.1, -0.05) is 30.3 Å². The lowest BCUT2D eigenvalue weighted by Crippen LogP contribution is -2.47. The van der Waals surface area contributed by atoms with E-state index in [0.29, 0.717) is 41.2 Å². The number of nitrogens with one attached hydrogen (secondary N) is 1. The molecule has 2 aliphatic rings. The van der Waals surface area contributed by atoms with E-state index in [1.54, 1.807) is 29.0 Å². The Kier molecular flexibility index (Phi) is 5.31. The van der Waals surface area contributed by atoms with E-state index in [4.69, 9.17) is 15.5 Å². The van der Waals surface area contributed by atoms with Crippen LogP contribution in [0.1, 0.15) is 55.3 Å². The molecule has 0 aromatic carbocycles. The molecule has 2 fully saturated rings. The Morgan fingerprint density at radius 3 is 2.84 bits per heavy atom. The third-order valence-corrected chi connectivity index (χ3v) is 6.46. The summed E-state index contributed by atoms with van der Waals surface area (Å²) in [5.74, 6) is 0.0911. The highest BCUT2D eigenvalue weighted by atomic mass is 16.5. The molecule has 1 saturated carbocycles. The summed E-state index contributed by atoms with van der Waals surface area (Å²) in [7, 11) is 0. The predicted octanol–water partition coefficient (Wildman–Crippen LogP) is 1.96. The van der Waals surface area contributed by atoms with Crippen molar-refractivity contribution in [2.75, 3.05) is 12.3 Å². The molecule has 1 saturated heterocycles. The number of ether oxygens (including phenoxy) is 1. The number of carbonyl (C=O) groups is 1. The first-order valence-electron chi connectivity index (χ1n) is 11.2. The van der Waals surface area contributed by atoms with Crippen LogP contribution >= 0.6 is 0 Å². The van der Waals surface area contributed by atoms with E-state index >= 15 is 0 Å². The molecule has 3 aromatic heterocycles. The van der Waals surface area contributed by atoms with Gasteiger partial charge in [-0.15, -0.1) is 0 Å². The van der Waals surface area contributed by atoms with Gasteiger partial charge in [0, 0.05) is 18.8 Å². The minimum Gasteiger partial charge on any atom is -0.375 e. The maximum atomic E-state index is 13.3. The van der Waals surface area contributed by atoms with Crippen LogP contribution in [-0.2, 0) is 11.3 Å². The Morgan fingerprint density at radius 2 is 2.06 bits per heavy atom. The van der Waals surface area contributed by atoms with Crippen LogP contribution in [-0.4, -0.2) is 34.0 Å². The minimum atomic E-state index is -0.232. The number of pyridine rings is 2. The van der Waals surface area contributed by atoms with Gasteiger partial charge in [0.25, 0.3) is 17.1 Å². The summed E-state index contributed by atoms with van der Waals surface area (Å²) >= 11 is 0. The maximum absolute atomic E-state index is 13.3. The number of nitrogens with two attached hydrogens (primary N) is 1. The van der Waals surface area contributed by atoms with Crippen LogP contribution in [0.5, 0.6) is 0 Å². The normalized spacial score (nSPS) is 19.8. The third-order valence-electron chi connectivity index (χ3n) is 6.46. The quantitative estimate of drug-likeness (QED) is 0.494. The second-order valence-corrected chi connectivity index (χ2v) is 8.58. The molecule has 31 heavy (non-hydrogen) atoms. The van der Waals surface area contributed by atoms with Gasteiger partial charge in [-0.2, -0.15) is 0 Å². The maximum Gasteiger partial charge on any atom is 0.278 e. The molecule has 4 heterocycles. The lowest BCUT2D eigenvalue weighted by molar-refractivity contribution is -0.666. The van der Waals surface area contributed by atoms with Crippen molar-refractivity contribution >= 4 is 28.4 Å². The molecule has 1 atom stereocenters. The van der Waals surface area contributed by atoms with Gasteiger partial charge in [-0.3, -0.25) is 14.0 Å². The average Bonchev–Trinajstić information content (AvgIpc) is 3.30. The standard InChI is InChI=1S/C23H27N5O3/c24-20-17(22(29)25-15-7-2-1-3-8-15)13-18-21(28(20)14-16-9-6-12-31-16)26-19-10-4-5-11-27(19)23(18)30/h4-5,10-11,13,15-16,24H,1-3,6-9,12,14H2,(H,25,29)/p+1/t16-/m0/s1. The number of hydrogen-bond donors (Lipinski definition) is 2. The summed E-state index contributed by atoms with van der Waals surface area (Å²) in [5, 5.41) is 3.50. The van der Waals surface area contributed by atoms with Crippen molar-refractivity contribution in [1.82, 2.24) is 14.7 Å². The van der Waals surface area contributed by atoms with Crippen molar-refractivity contribution in [1.29, 1.82) is 0 Å². The van der Waals surface area contributed by atoms with Gasteiger partial charge in [0.1, 0.15) is 10.9 Å². The van der Waals surface area contributed by atoms with Crippen molar-refractivity contribution in [3.8, 4) is 0 Å². The second kappa shape index (κ2) is 8.26. The number of aromatic nitrogens is 3. The van der Waals surface area contributed by atoms with Crippen LogP contribution in [0, 0.1) is 0 Å². The number of hydrogen-bond acceptors (Lipinski definition) is 5. The van der Waals surface area contributed by atoms with Gasteiger partial charge in [0.2, 0.25) is 11.5 Å². The fraction of sp³-hybridized carbons (Fsp3) is 0.478. The number of carbonyl (C=O) groups excluding carboxylic acids is 1. The second-order valence-electron chi connectivity index (χ2n) is 8.58. The summed E-state index contributed by atoms with van der Waals surface area (Å²) in [6.45, 7) is 1.17. The SMILES string of the molecule is Nc1c(C(=O)NC2CCCCC2)cc2c(=O)n3ccccc3nc2[n+]1C[C@@H]1CCCO1. The number of anilines is 1. The number of rotatable bonds is 4. The molecular weight excluding hydrogens is 394 g/mol. The van der Waals surface area contributed by atoms with Gasteiger partial charge < -0.3 is 15.8 Å². The van der Waals surface area contributed by atoms with E-state index in [1.165, 1.54) is 10.8 Å². The number of fused-ring (bicyclic) bond motifs is 2. The molecule has 0 spiro atoms. The molecule has 0 bridgehead atoms. The molecule has 3 aromatic rings. The van der Waals surface area contributed by atoms with Crippen LogP contribution < -0.4 is 21.2 Å². The molecule has 162 valence electrons. The Bertz CT molecular complexity index is 1190. The largest absolute Gasteiger partial charge is 0.375 e. The predicted molar refractivity (Wildman–Crippen MR) is 117 cm³/mol. The monoisotopic (exact) mass is 422 g/mol. The molecule has 0 unspecified atom stereocenters. The smallest absolute Gasteiger partial charge is 0.278 e. The summed E-state index contributed by atoms with van der Waals surface area (Å²) in [4.78, 5) is 31.2. The highest BCUT2D eigenvalue weighted by molar-refractivity contribution is 6.00. The first kappa shape index (κ1) is 19.9. The topological polar surface area (TPSA) is 103 Å². The summed E-state index contributed by atoms with van der Waals surface area (Å²) in [6, 6.07) is 7.17. The van der Waals surface area contributed by atoms with Crippen molar-refractivity contribution < 1.29 is 14.1 Å². The molecule has 0 radical (unpaired) electrons. The molecule has 8 nitrogen and oxygen atoms in total. The fourth-order valence-corrected chi connectivity index (χ4v) is 4.77. The Balaban J connectivity index is 1.65. The van der Waals surface area contributed by atoms with Gasteiger partial charge in [0.15, 0.2) is 0 Å². The molecule has 3 N–H and O–H groups in total. The average molecular weight is 423 g/mol. The van der Waals surface area contributed by atoms with Crippen LogP contribution in [0.2, 0.25) is 0 Å². The van der Waals surface area contributed by atoms with E-state index in [-0.39, 0.29) is 23.6 Å². The van der Waals surface area contributed by atoms with Crippen molar-refractivity contribution in [2.24, 2.45) is 0 Å². The summed E-state index contributed by atoms with van der Waals surface area (Å²) in [5.41, 5.74) is 7.66. The Morgan fingerprint density at radius 1 is 1.23 bits per heavy atom. The Labute approximate surface area is 180 Å².